The number of rotatable bonds is 6. The summed E-state index contributed by atoms with van der Waals surface area (Å²) in [5, 5.41) is 15.6. The average molecular weight is 347 g/mol. The molecular formula is C21H21N3O2. The number of benzene rings is 2. The lowest BCUT2D eigenvalue weighted by molar-refractivity contribution is 0.102. The Morgan fingerprint density at radius 1 is 1.04 bits per heavy atom. The van der Waals surface area contributed by atoms with E-state index in [2.05, 4.69) is 15.6 Å². The number of aliphatic hydroxyl groups is 1. The molecule has 0 aliphatic rings. The maximum Gasteiger partial charge on any atom is 0.257 e. The Morgan fingerprint density at radius 2 is 1.77 bits per heavy atom. The van der Waals surface area contributed by atoms with Crippen molar-refractivity contribution in [3.63, 3.8) is 0 Å². The lowest BCUT2D eigenvalue weighted by Gasteiger charge is -2.17. The molecule has 132 valence electrons. The van der Waals surface area contributed by atoms with Gasteiger partial charge in [0.25, 0.3) is 5.91 Å². The molecule has 5 heteroatoms. The van der Waals surface area contributed by atoms with Gasteiger partial charge in [0.2, 0.25) is 0 Å². The monoisotopic (exact) mass is 347 g/mol. The largest absolute Gasteiger partial charge is 0.394 e. The van der Waals surface area contributed by atoms with Crippen LogP contribution in [0.3, 0.4) is 0 Å². The molecule has 1 atom stereocenters. The standard InChI is InChI=1S/C21H21N3O2/c1-15-7-10-18(11-8-15)23-21(26)17-9-12-20(22-13-17)24-19(14-25)16-5-3-2-4-6-16/h2-13,19,25H,14H2,1H3,(H,22,24)(H,23,26). The predicted molar refractivity (Wildman–Crippen MR) is 103 cm³/mol. The summed E-state index contributed by atoms with van der Waals surface area (Å²) in [6.45, 7) is 1.94. The number of nitrogens with one attached hydrogen (secondary N) is 2. The van der Waals surface area contributed by atoms with Gasteiger partial charge < -0.3 is 15.7 Å². The summed E-state index contributed by atoms with van der Waals surface area (Å²) in [5.74, 6) is 0.384. The van der Waals surface area contributed by atoms with Crippen LogP contribution in [-0.2, 0) is 0 Å². The zero-order valence-corrected chi connectivity index (χ0v) is 14.5. The highest BCUT2D eigenvalue weighted by atomic mass is 16.3. The van der Waals surface area contributed by atoms with Gasteiger partial charge in [0.15, 0.2) is 0 Å². The highest BCUT2D eigenvalue weighted by Crippen LogP contribution is 2.18. The van der Waals surface area contributed by atoms with Crippen LogP contribution < -0.4 is 10.6 Å². The quantitative estimate of drug-likeness (QED) is 0.634. The van der Waals surface area contributed by atoms with E-state index in [-0.39, 0.29) is 18.6 Å². The first-order valence-electron chi connectivity index (χ1n) is 8.42. The van der Waals surface area contributed by atoms with Crippen LogP contribution in [0.4, 0.5) is 11.5 Å². The molecule has 0 saturated carbocycles. The van der Waals surface area contributed by atoms with Crippen molar-refractivity contribution in [3.8, 4) is 0 Å². The Morgan fingerprint density at radius 3 is 2.38 bits per heavy atom. The van der Waals surface area contributed by atoms with Crippen LogP contribution in [0.5, 0.6) is 0 Å². The van der Waals surface area contributed by atoms with Crippen LogP contribution in [-0.4, -0.2) is 22.6 Å². The minimum Gasteiger partial charge on any atom is -0.394 e. The molecule has 2 aromatic carbocycles. The van der Waals surface area contributed by atoms with Crippen molar-refractivity contribution < 1.29 is 9.90 Å². The summed E-state index contributed by atoms with van der Waals surface area (Å²) in [6.07, 6.45) is 1.52. The Kier molecular flexibility index (Phi) is 5.61. The van der Waals surface area contributed by atoms with Gasteiger partial charge >= 0.3 is 0 Å². The molecule has 0 bridgehead atoms. The number of carbonyl (C=O) groups is 1. The lowest BCUT2D eigenvalue weighted by Crippen LogP contribution is -2.16. The molecule has 26 heavy (non-hydrogen) atoms. The van der Waals surface area contributed by atoms with Crippen LogP contribution in [0.1, 0.15) is 27.5 Å². The second-order valence-corrected chi connectivity index (χ2v) is 6.04. The normalized spacial score (nSPS) is 11.6. The van der Waals surface area contributed by atoms with Crippen molar-refractivity contribution in [2.45, 2.75) is 13.0 Å². The Hall–Kier alpha value is -3.18. The summed E-state index contributed by atoms with van der Waals surface area (Å²) < 4.78 is 0. The SMILES string of the molecule is Cc1ccc(NC(=O)c2ccc(NC(CO)c3ccccc3)nc2)cc1. The van der Waals surface area contributed by atoms with E-state index >= 15 is 0 Å². The third-order valence-corrected chi connectivity index (χ3v) is 4.04. The lowest BCUT2D eigenvalue weighted by atomic mass is 10.1. The van der Waals surface area contributed by atoms with E-state index in [0.717, 1.165) is 16.8 Å². The summed E-state index contributed by atoms with van der Waals surface area (Å²) in [5.41, 5.74) is 3.32. The molecular weight excluding hydrogens is 326 g/mol. The van der Waals surface area contributed by atoms with E-state index in [1.54, 1.807) is 12.1 Å². The number of amides is 1. The molecule has 0 aliphatic heterocycles. The smallest absolute Gasteiger partial charge is 0.257 e. The molecule has 3 rings (SSSR count). The molecule has 3 aromatic rings. The van der Waals surface area contributed by atoms with Gasteiger partial charge in [-0.25, -0.2) is 4.98 Å². The molecule has 1 heterocycles. The van der Waals surface area contributed by atoms with Crippen molar-refractivity contribution >= 4 is 17.4 Å². The minimum absolute atomic E-state index is 0.0542. The number of nitrogens with zero attached hydrogens (tertiary/aromatic N) is 1. The number of aliphatic hydroxyl groups excluding tert-OH is 1. The van der Waals surface area contributed by atoms with Gasteiger partial charge in [0, 0.05) is 11.9 Å². The highest BCUT2D eigenvalue weighted by Gasteiger charge is 2.11. The molecule has 1 amide bonds. The van der Waals surface area contributed by atoms with E-state index in [1.165, 1.54) is 6.20 Å². The Balaban J connectivity index is 1.66. The van der Waals surface area contributed by atoms with Gasteiger partial charge in [0.1, 0.15) is 5.82 Å². The number of carbonyl (C=O) groups excluding carboxylic acids is 1. The first-order valence-corrected chi connectivity index (χ1v) is 8.42. The fraction of sp³-hybridized carbons (Fsp3) is 0.143. The number of hydrogen-bond donors (Lipinski definition) is 3. The molecule has 0 spiro atoms. The Labute approximate surface area is 152 Å². The maximum absolute atomic E-state index is 12.3. The number of aromatic nitrogens is 1. The van der Waals surface area contributed by atoms with E-state index in [9.17, 15) is 9.90 Å². The summed E-state index contributed by atoms with van der Waals surface area (Å²) in [7, 11) is 0. The molecule has 0 saturated heterocycles. The third kappa shape index (κ3) is 4.46. The van der Waals surface area contributed by atoms with Crippen molar-refractivity contribution in [3.05, 3.63) is 89.6 Å². The molecule has 0 aliphatic carbocycles. The van der Waals surface area contributed by atoms with Crippen LogP contribution in [0.2, 0.25) is 0 Å². The predicted octanol–water partition coefficient (Wildman–Crippen LogP) is 3.79. The topological polar surface area (TPSA) is 74.2 Å². The molecule has 0 fully saturated rings. The molecule has 3 N–H and O–H groups in total. The van der Waals surface area contributed by atoms with Gasteiger partial charge in [-0.1, -0.05) is 48.0 Å². The van der Waals surface area contributed by atoms with Gasteiger partial charge in [0.05, 0.1) is 18.2 Å². The summed E-state index contributed by atoms with van der Waals surface area (Å²) >= 11 is 0. The fourth-order valence-corrected chi connectivity index (χ4v) is 2.55. The highest BCUT2D eigenvalue weighted by molar-refractivity contribution is 6.04. The third-order valence-electron chi connectivity index (χ3n) is 4.04. The first-order chi connectivity index (χ1) is 12.7. The van der Waals surface area contributed by atoms with Crippen LogP contribution >= 0.6 is 0 Å². The van der Waals surface area contributed by atoms with Crippen LogP contribution in [0, 0.1) is 6.92 Å². The first kappa shape index (κ1) is 17.6. The van der Waals surface area contributed by atoms with Gasteiger partial charge in [-0.3, -0.25) is 4.79 Å². The summed E-state index contributed by atoms with van der Waals surface area (Å²) in [6, 6.07) is 20.5. The van der Waals surface area contributed by atoms with Crippen molar-refractivity contribution in [2.24, 2.45) is 0 Å². The van der Waals surface area contributed by atoms with E-state index < -0.39 is 0 Å². The van der Waals surface area contributed by atoms with Crippen molar-refractivity contribution in [1.82, 2.24) is 4.98 Å². The van der Waals surface area contributed by atoms with Gasteiger partial charge in [-0.15, -0.1) is 0 Å². The second-order valence-electron chi connectivity index (χ2n) is 6.04. The van der Waals surface area contributed by atoms with Crippen molar-refractivity contribution in [2.75, 3.05) is 17.2 Å². The number of anilines is 2. The van der Waals surface area contributed by atoms with E-state index in [4.69, 9.17) is 0 Å². The number of hydrogen-bond acceptors (Lipinski definition) is 4. The number of aryl methyl sites for hydroxylation is 1. The zero-order valence-electron chi connectivity index (χ0n) is 14.5. The fourth-order valence-electron chi connectivity index (χ4n) is 2.55. The molecule has 1 aromatic heterocycles. The minimum atomic E-state index is -0.254. The zero-order chi connectivity index (χ0) is 18.4. The van der Waals surface area contributed by atoms with Crippen molar-refractivity contribution in [1.29, 1.82) is 0 Å². The van der Waals surface area contributed by atoms with Gasteiger partial charge in [-0.2, -0.15) is 0 Å². The van der Waals surface area contributed by atoms with Crippen LogP contribution in [0.15, 0.2) is 72.9 Å². The summed E-state index contributed by atoms with van der Waals surface area (Å²) in [4.78, 5) is 16.6. The molecule has 0 radical (unpaired) electrons. The van der Waals surface area contributed by atoms with E-state index in [0.29, 0.717) is 11.4 Å². The molecule has 5 nitrogen and oxygen atoms in total. The van der Waals surface area contributed by atoms with Gasteiger partial charge in [-0.05, 0) is 36.8 Å². The molecule has 1 unspecified atom stereocenters. The average Bonchev–Trinajstić information content (AvgIpc) is 2.69. The maximum atomic E-state index is 12.3. The Bertz CT molecular complexity index is 847. The number of pyridine rings is 1. The van der Waals surface area contributed by atoms with E-state index in [1.807, 2.05) is 61.5 Å². The second kappa shape index (κ2) is 8.27. The van der Waals surface area contributed by atoms with Crippen LogP contribution in [0.25, 0.3) is 0 Å².